The van der Waals surface area contributed by atoms with Gasteiger partial charge in [0.2, 0.25) is 0 Å². The predicted octanol–water partition coefficient (Wildman–Crippen LogP) is 1.63. The molecular weight excluding hydrogens is 228 g/mol. The lowest BCUT2D eigenvalue weighted by molar-refractivity contribution is -0.0138. The Hall–Kier alpha value is -0.940. The Bertz CT molecular complexity index is 343. The van der Waals surface area contributed by atoms with Gasteiger partial charge in [0, 0.05) is 19.0 Å². The van der Waals surface area contributed by atoms with Crippen molar-refractivity contribution in [2.75, 3.05) is 13.7 Å². The largest absolute Gasteiger partial charge is 0.374 e. The van der Waals surface area contributed by atoms with Crippen molar-refractivity contribution in [2.45, 2.75) is 58.7 Å². The van der Waals surface area contributed by atoms with E-state index in [1.54, 1.807) is 6.33 Å². The Balaban J connectivity index is 2.54. The van der Waals surface area contributed by atoms with E-state index in [0.29, 0.717) is 6.61 Å². The van der Waals surface area contributed by atoms with Gasteiger partial charge in [-0.2, -0.15) is 5.10 Å². The Morgan fingerprint density at radius 2 is 2.17 bits per heavy atom. The summed E-state index contributed by atoms with van der Waals surface area (Å²) < 4.78 is 7.78. The van der Waals surface area contributed by atoms with Crippen LogP contribution in [-0.2, 0) is 17.7 Å². The van der Waals surface area contributed by atoms with Crippen LogP contribution in [0.2, 0.25) is 0 Å². The minimum atomic E-state index is -0.105. The highest BCUT2D eigenvalue weighted by Crippen LogP contribution is 2.09. The van der Waals surface area contributed by atoms with Crippen LogP contribution < -0.4 is 5.32 Å². The van der Waals surface area contributed by atoms with Gasteiger partial charge < -0.3 is 10.1 Å². The molecule has 0 bridgehead atoms. The van der Waals surface area contributed by atoms with Gasteiger partial charge in [0.1, 0.15) is 12.2 Å². The third-order valence-corrected chi connectivity index (χ3v) is 2.69. The van der Waals surface area contributed by atoms with Gasteiger partial charge in [-0.15, -0.1) is 0 Å². The van der Waals surface area contributed by atoms with Crippen LogP contribution in [0, 0.1) is 0 Å². The van der Waals surface area contributed by atoms with Gasteiger partial charge in [0.25, 0.3) is 0 Å². The molecule has 1 aromatic rings. The molecule has 1 unspecified atom stereocenters. The first-order valence-corrected chi connectivity index (χ1v) is 6.64. The van der Waals surface area contributed by atoms with Crippen molar-refractivity contribution >= 4 is 0 Å². The zero-order valence-corrected chi connectivity index (χ0v) is 12.2. The lowest BCUT2D eigenvalue weighted by Crippen LogP contribution is -2.36. The minimum absolute atomic E-state index is 0.105. The van der Waals surface area contributed by atoms with Crippen molar-refractivity contribution in [3.8, 4) is 0 Å². The molecular formula is C13H26N4O. The highest BCUT2D eigenvalue weighted by molar-refractivity contribution is 4.89. The maximum Gasteiger partial charge on any atom is 0.138 e. The summed E-state index contributed by atoms with van der Waals surface area (Å²) in [5.41, 5.74) is -0.105. The molecule has 1 aromatic heterocycles. The molecule has 0 fully saturated rings. The lowest BCUT2D eigenvalue weighted by atomic mass is 10.1. The number of aromatic nitrogens is 3. The second-order valence-corrected chi connectivity index (χ2v) is 5.51. The predicted molar refractivity (Wildman–Crippen MR) is 72.6 cm³/mol. The summed E-state index contributed by atoms with van der Waals surface area (Å²) in [5.74, 6) is 1.02. The number of hydrogen-bond acceptors (Lipinski definition) is 4. The standard InChI is InChI=1S/C13H26N4O/c1-6-7-17-12(15-10-16-17)8-11(14-5)9-18-13(2,3)4/h10-11,14H,6-9H2,1-5H3. The van der Waals surface area contributed by atoms with Crippen LogP contribution in [0.1, 0.15) is 39.9 Å². The van der Waals surface area contributed by atoms with Crippen molar-refractivity contribution in [3.63, 3.8) is 0 Å². The van der Waals surface area contributed by atoms with E-state index < -0.39 is 0 Å². The van der Waals surface area contributed by atoms with Gasteiger partial charge in [0.05, 0.1) is 12.2 Å². The van der Waals surface area contributed by atoms with E-state index in [0.717, 1.165) is 25.2 Å². The summed E-state index contributed by atoms with van der Waals surface area (Å²) in [6.07, 6.45) is 3.54. The van der Waals surface area contributed by atoms with E-state index in [4.69, 9.17) is 4.74 Å². The van der Waals surface area contributed by atoms with Crippen LogP contribution in [0.25, 0.3) is 0 Å². The second-order valence-electron chi connectivity index (χ2n) is 5.51. The topological polar surface area (TPSA) is 52.0 Å². The van der Waals surface area contributed by atoms with Gasteiger partial charge in [0.15, 0.2) is 0 Å². The Labute approximate surface area is 110 Å². The Morgan fingerprint density at radius 1 is 1.44 bits per heavy atom. The summed E-state index contributed by atoms with van der Waals surface area (Å²) in [5, 5.41) is 7.52. The molecule has 1 N–H and O–H groups in total. The number of ether oxygens (including phenoxy) is 1. The normalized spacial score (nSPS) is 13.8. The molecule has 0 aliphatic carbocycles. The molecule has 5 nitrogen and oxygen atoms in total. The molecule has 0 radical (unpaired) electrons. The molecule has 0 saturated heterocycles. The molecule has 0 amide bonds. The van der Waals surface area contributed by atoms with Crippen LogP contribution in [0.3, 0.4) is 0 Å². The molecule has 5 heteroatoms. The molecule has 0 aliphatic heterocycles. The first-order valence-electron chi connectivity index (χ1n) is 6.64. The van der Waals surface area contributed by atoms with Crippen molar-refractivity contribution < 1.29 is 4.74 Å². The summed E-state index contributed by atoms with van der Waals surface area (Å²) in [6, 6.07) is 0.268. The van der Waals surface area contributed by atoms with Crippen LogP contribution in [0.15, 0.2) is 6.33 Å². The molecule has 0 saturated carbocycles. The van der Waals surface area contributed by atoms with Gasteiger partial charge in [-0.3, -0.25) is 4.68 Å². The van der Waals surface area contributed by atoms with Crippen molar-refractivity contribution in [1.29, 1.82) is 0 Å². The average Bonchev–Trinajstić information content (AvgIpc) is 2.71. The van der Waals surface area contributed by atoms with Crippen molar-refractivity contribution in [1.82, 2.24) is 20.1 Å². The summed E-state index contributed by atoms with van der Waals surface area (Å²) in [6.45, 7) is 9.95. The maximum atomic E-state index is 5.81. The monoisotopic (exact) mass is 254 g/mol. The second kappa shape index (κ2) is 6.85. The smallest absolute Gasteiger partial charge is 0.138 e. The molecule has 18 heavy (non-hydrogen) atoms. The van der Waals surface area contributed by atoms with Gasteiger partial charge >= 0.3 is 0 Å². The minimum Gasteiger partial charge on any atom is -0.374 e. The molecule has 0 spiro atoms. The number of nitrogens with zero attached hydrogens (tertiary/aromatic N) is 3. The number of likely N-dealkylation sites (N-methyl/N-ethyl adjacent to an activating group) is 1. The molecule has 0 aliphatic rings. The molecule has 1 atom stereocenters. The van der Waals surface area contributed by atoms with Crippen LogP contribution in [0.5, 0.6) is 0 Å². The molecule has 1 rings (SSSR count). The number of aryl methyl sites for hydroxylation is 1. The number of hydrogen-bond donors (Lipinski definition) is 1. The first-order chi connectivity index (χ1) is 8.46. The van der Waals surface area contributed by atoms with Gasteiger partial charge in [-0.05, 0) is 34.2 Å². The fourth-order valence-electron chi connectivity index (χ4n) is 1.66. The zero-order valence-electron chi connectivity index (χ0n) is 12.2. The van der Waals surface area contributed by atoms with E-state index in [1.807, 2.05) is 11.7 Å². The lowest BCUT2D eigenvalue weighted by Gasteiger charge is -2.24. The maximum absolute atomic E-state index is 5.81. The van der Waals surface area contributed by atoms with Crippen molar-refractivity contribution in [3.05, 3.63) is 12.2 Å². The third-order valence-electron chi connectivity index (χ3n) is 2.69. The molecule has 1 heterocycles. The van der Waals surface area contributed by atoms with E-state index >= 15 is 0 Å². The first kappa shape index (κ1) is 15.1. The van der Waals surface area contributed by atoms with Gasteiger partial charge in [-0.25, -0.2) is 4.98 Å². The third kappa shape index (κ3) is 5.14. The highest BCUT2D eigenvalue weighted by Gasteiger charge is 2.16. The fraction of sp³-hybridized carbons (Fsp3) is 0.846. The van der Waals surface area contributed by atoms with E-state index in [9.17, 15) is 0 Å². The van der Waals surface area contributed by atoms with E-state index in [1.165, 1.54) is 0 Å². The molecule has 104 valence electrons. The highest BCUT2D eigenvalue weighted by atomic mass is 16.5. The fourth-order valence-corrected chi connectivity index (χ4v) is 1.66. The number of nitrogens with one attached hydrogen (secondary N) is 1. The summed E-state index contributed by atoms with van der Waals surface area (Å²) in [7, 11) is 1.96. The number of rotatable bonds is 7. The van der Waals surface area contributed by atoms with E-state index in [-0.39, 0.29) is 11.6 Å². The Morgan fingerprint density at radius 3 is 2.72 bits per heavy atom. The van der Waals surface area contributed by atoms with Crippen LogP contribution >= 0.6 is 0 Å². The zero-order chi connectivity index (χ0) is 13.6. The summed E-state index contributed by atoms with van der Waals surface area (Å²) in [4.78, 5) is 4.32. The SMILES string of the molecule is CCCn1ncnc1CC(COC(C)(C)C)NC. The average molecular weight is 254 g/mol. The quantitative estimate of drug-likeness (QED) is 0.803. The van der Waals surface area contributed by atoms with Crippen LogP contribution in [0.4, 0.5) is 0 Å². The molecule has 0 aromatic carbocycles. The van der Waals surface area contributed by atoms with Crippen LogP contribution in [-0.4, -0.2) is 40.1 Å². The van der Waals surface area contributed by atoms with E-state index in [2.05, 4.69) is 43.1 Å². The summed E-state index contributed by atoms with van der Waals surface area (Å²) >= 11 is 0. The Kier molecular flexibility index (Phi) is 5.75. The van der Waals surface area contributed by atoms with Gasteiger partial charge in [-0.1, -0.05) is 6.92 Å². The van der Waals surface area contributed by atoms with Crippen molar-refractivity contribution in [2.24, 2.45) is 0 Å².